The predicted octanol–water partition coefficient (Wildman–Crippen LogP) is 3.48. The fourth-order valence-electron chi connectivity index (χ4n) is 2.00. The molecule has 94 valence electrons. The van der Waals surface area contributed by atoms with Gasteiger partial charge in [-0.2, -0.15) is 0 Å². The lowest BCUT2D eigenvalue weighted by atomic mass is 10.1. The number of nitrogens with one attached hydrogen (secondary N) is 1. The summed E-state index contributed by atoms with van der Waals surface area (Å²) in [6.07, 6.45) is 3.95. The average Bonchev–Trinajstić information content (AvgIpc) is 2.92. The van der Waals surface area contributed by atoms with Crippen molar-refractivity contribution >= 4 is 33.7 Å². The Bertz CT molecular complexity index is 702. The van der Waals surface area contributed by atoms with E-state index in [2.05, 4.69) is 10.3 Å². The number of carbonyl (C=O) groups excluding carboxylic acids is 1. The van der Waals surface area contributed by atoms with Gasteiger partial charge < -0.3 is 5.32 Å². The van der Waals surface area contributed by atoms with Gasteiger partial charge in [0.1, 0.15) is 0 Å². The molecule has 1 amide bonds. The fraction of sp³-hybridized carbons (Fsp3) is 0.0667. The van der Waals surface area contributed by atoms with Crippen molar-refractivity contribution in [1.29, 1.82) is 0 Å². The number of aromatic nitrogens is 1. The third-order valence-electron chi connectivity index (χ3n) is 2.87. The minimum Gasteiger partial charge on any atom is -0.325 e. The van der Waals surface area contributed by atoms with Crippen LogP contribution in [0.2, 0.25) is 0 Å². The van der Waals surface area contributed by atoms with Crippen LogP contribution < -0.4 is 5.32 Å². The highest BCUT2D eigenvalue weighted by molar-refractivity contribution is 7.10. The van der Waals surface area contributed by atoms with Crippen molar-refractivity contribution in [3.63, 3.8) is 0 Å². The van der Waals surface area contributed by atoms with Crippen molar-refractivity contribution in [3.8, 4) is 0 Å². The summed E-state index contributed by atoms with van der Waals surface area (Å²) in [5.41, 5.74) is 0.835. The second-order valence-electron chi connectivity index (χ2n) is 4.21. The zero-order valence-electron chi connectivity index (χ0n) is 10.2. The number of hydrogen-bond donors (Lipinski definition) is 1. The minimum absolute atomic E-state index is 0.00626. The van der Waals surface area contributed by atoms with Crippen molar-refractivity contribution in [1.82, 2.24) is 4.98 Å². The van der Waals surface area contributed by atoms with Gasteiger partial charge in [-0.25, -0.2) is 0 Å². The third kappa shape index (κ3) is 2.63. The van der Waals surface area contributed by atoms with Crippen LogP contribution >= 0.6 is 11.3 Å². The number of hydrogen-bond acceptors (Lipinski definition) is 3. The molecule has 0 radical (unpaired) electrons. The number of thiophene rings is 1. The van der Waals surface area contributed by atoms with E-state index in [0.717, 1.165) is 21.3 Å². The molecule has 4 heteroatoms. The highest BCUT2D eigenvalue weighted by Crippen LogP contribution is 2.22. The molecule has 0 aliphatic carbocycles. The number of pyridine rings is 1. The highest BCUT2D eigenvalue weighted by Gasteiger charge is 2.07. The number of fused-ring (bicyclic) bond motifs is 1. The number of rotatable bonds is 3. The molecular weight excluding hydrogens is 256 g/mol. The number of anilines is 1. The molecule has 19 heavy (non-hydrogen) atoms. The summed E-state index contributed by atoms with van der Waals surface area (Å²) >= 11 is 1.59. The molecule has 3 rings (SSSR count). The zero-order valence-corrected chi connectivity index (χ0v) is 11.0. The first kappa shape index (κ1) is 11.9. The van der Waals surface area contributed by atoms with Gasteiger partial charge in [-0.3, -0.25) is 9.78 Å². The molecular formula is C15H12N2OS. The van der Waals surface area contributed by atoms with Crippen LogP contribution in [-0.4, -0.2) is 10.9 Å². The second-order valence-corrected chi connectivity index (χ2v) is 5.24. The topological polar surface area (TPSA) is 42.0 Å². The monoisotopic (exact) mass is 268 g/mol. The van der Waals surface area contributed by atoms with E-state index < -0.39 is 0 Å². The minimum atomic E-state index is 0.00626. The van der Waals surface area contributed by atoms with E-state index in [4.69, 9.17) is 0 Å². The lowest BCUT2D eigenvalue weighted by molar-refractivity contribution is -0.115. The number of amides is 1. The molecule has 0 atom stereocenters. The molecule has 0 fully saturated rings. The molecule has 0 aliphatic rings. The fourth-order valence-corrected chi connectivity index (χ4v) is 2.70. The van der Waals surface area contributed by atoms with Crippen molar-refractivity contribution in [2.24, 2.45) is 0 Å². The smallest absolute Gasteiger partial charge is 0.229 e. The Labute approximate surface area is 114 Å². The molecule has 2 heterocycles. The van der Waals surface area contributed by atoms with Crippen LogP contribution in [0.3, 0.4) is 0 Å². The van der Waals surface area contributed by atoms with Crippen molar-refractivity contribution < 1.29 is 4.79 Å². The summed E-state index contributed by atoms with van der Waals surface area (Å²) in [6, 6.07) is 11.7. The standard InChI is InChI=1S/C15H12N2OS/c18-15(9-12-4-2-8-19-12)17-14-5-1-3-11-10-16-7-6-13(11)14/h1-8,10H,9H2,(H,17,18). The van der Waals surface area contributed by atoms with Crippen LogP contribution in [0, 0.1) is 0 Å². The van der Waals surface area contributed by atoms with Gasteiger partial charge in [0.15, 0.2) is 0 Å². The van der Waals surface area contributed by atoms with Gasteiger partial charge in [0.2, 0.25) is 5.91 Å². The quantitative estimate of drug-likeness (QED) is 0.790. The maximum Gasteiger partial charge on any atom is 0.229 e. The maximum absolute atomic E-state index is 12.0. The summed E-state index contributed by atoms with van der Waals surface area (Å²) in [4.78, 5) is 17.2. The Balaban J connectivity index is 1.83. The van der Waals surface area contributed by atoms with E-state index >= 15 is 0 Å². The first-order valence-electron chi connectivity index (χ1n) is 5.98. The molecule has 3 nitrogen and oxygen atoms in total. The number of carbonyl (C=O) groups is 1. The van der Waals surface area contributed by atoms with E-state index in [1.807, 2.05) is 41.8 Å². The first-order valence-corrected chi connectivity index (χ1v) is 6.86. The van der Waals surface area contributed by atoms with Crippen molar-refractivity contribution in [3.05, 3.63) is 59.0 Å². The van der Waals surface area contributed by atoms with Gasteiger partial charge in [-0.05, 0) is 23.6 Å². The van der Waals surface area contributed by atoms with Gasteiger partial charge in [-0.1, -0.05) is 18.2 Å². The highest BCUT2D eigenvalue weighted by atomic mass is 32.1. The summed E-state index contributed by atoms with van der Waals surface area (Å²) in [5, 5.41) is 6.98. The first-order chi connectivity index (χ1) is 9.33. The zero-order chi connectivity index (χ0) is 13.1. The molecule has 2 aromatic heterocycles. The lowest BCUT2D eigenvalue weighted by Crippen LogP contribution is -2.13. The van der Waals surface area contributed by atoms with Crippen molar-refractivity contribution in [2.75, 3.05) is 5.32 Å². The maximum atomic E-state index is 12.0. The van der Waals surface area contributed by atoms with E-state index in [1.54, 1.807) is 23.7 Å². The largest absolute Gasteiger partial charge is 0.325 e. The third-order valence-corrected chi connectivity index (χ3v) is 3.75. The SMILES string of the molecule is O=C(Cc1cccs1)Nc1cccc2cnccc12. The number of nitrogens with zero attached hydrogens (tertiary/aromatic N) is 1. The molecule has 1 N–H and O–H groups in total. The molecule has 0 unspecified atom stereocenters. The summed E-state index contributed by atoms with van der Waals surface area (Å²) in [6.45, 7) is 0. The van der Waals surface area contributed by atoms with Gasteiger partial charge in [0.25, 0.3) is 0 Å². The molecule has 0 spiro atoms. The second kappa shape index (κ2) is 5.20. The van der Waals surface area contributed by atoms with Crippen LogP contribution in [0.5, 0.6) is 0 Å². The predicted molar refractivity (Wildman–Crippen MR) is 78.4 cm³/mol. The Morgan fingerprint density at radius 1 is 1.21 bits per heavy atom. The summed E-state index contributed by atoms with van der Waals surface area (Å²) in [5.74, 6) is 0.00626. The van der Waals surface area contributed by atoms with Gasteiger partial charge in [-0.15, -0.1) is 11.3 Å². The normalized spacial score (nSPS) is 10.5. The Kier molecular flexibility index (Phi) is 3.25. The Morgan fingerprint density at radius 3 is 3.00 bits per heavy atom. The molecule has 1 aromatic carbocycles. The molecule has 0 saturated heterocycles. The average molecular weight is 268 g/mol. The van der Waals surface area contributed by atoms with Crippen LogP contribution in [0.4, 0.5) is 5.69 Å². The van der Waals surface area contributed by atoms with Gasteiger partial charge in [0.05, 0.1) is 6.42 Å². The Morgan fingerprint density at radius 2 is 2.16 bits per heavy atom. The van der Waals surface area contributed by atoms with Gasteiger partial charge >= 0.3 is 0 Å². The van der Waals surface area contributed by atoms with Gasteiger partial charge in [0, 0.05) is 33.7 Å². The molecule has 3 aromatic rings. The van der Waals surface area contributed by atoms with E-state index in [9.17, 15) is 4.79 Å². The van der Waals surface area contributed by atoms with E-state index in [0.29, 0.717) is 6.42 Å². The molecule has 0 aliphatic heterocycles. The van der Waals surface area contributed by atoms with Crippen molar-refractivity contribution in [2.45, 2.75) is 6.42 Å². The molecule has 0 saturated carbocycles. The summed E-state index contributed by atoms with van der Waals surface area (Å²) < 4.78 is 0. The Hall–Kier alpha value is -2.20. The van der Waals surface area contributed by atoms with Crippen LogP contribution in [0.1, 0.15) is 4.88 Å². The lowest BCUT2D eigenvalue weighted by Gasteiger charge is -2.07. The van der Waals surface area contributed by atoms with Crippen LogP contribution in [0.25, 0.3) is 10.8 Å². The number of benzene rings is 1. The van der Waals surface area contributed by atoms with E-state index in [1.165, 1.54) is 0 Å². The van der Waals surface area contributed by atoms with Crippen LogP contribution in [-0.2, 0) is 11.2 Å². The molecule has 0 bridgehead atoms. The van der Waals surface area contributed by atoms with Crippen LogP contribution in [0.15, 0.2) is 54.2 Å². The summed E-state index contributed by atoms with van der Waals surface area (Å²) in [7, 11) is 0. The van der Waals surface area contributed by atoms with E-state index in [-0.39, 0.29) is 5.91 Å².